The molecule has 2 aromatic carbocycles. The Morgan fingerprint density at radius 3 is 2.12 bits per heavy atom. The lowest BCUT2D eigenvalue weighted by Crippen LogP contribution is -2.01. The molecule has 0 spiro atoms. The molecule has 0 aliphatic carbocycles. The average Bonchev–Trinajstić information content (AvgIpc) is 2.28. The zero-order valence-corrected chi connectivity index (χ0v) is 12.4. The van der Waals surface area contributed by atoms with Gasteiger partial charge in [0.05, 0.1) is 0 Å². The van der Waals surface area contributed by atoms with Crippen molar-refractivity contribution >= 4 is 37.6 Å². The summed E-state index contributed by atoms with van der Waals surface area (Å²) in [5.41, 5.74) is 2.48. The van der Waals surface area contributed by atoms with Crippen LogP contribution in [0, 0.1) is 6.92 Å². The Morgan fingerprint density at radius 1 is 0.882 bits per heavy atom. The van der Waals surface area contributed by atoms with Gasteiger partial charge < -0.3 is 0 Å². The van der Waals surface area contributed by atoms with Crippen LogP contribution in [0.5, 0.6) is 0 Å². The molecule has 1 nitrogen and oxygen atoms in total. The number of aryl methyl sites for hydroxylation is 1. The molecule has 86 valence electrons. The van der Waals surface area contributed by atoms with Crippen molar-refractivity contribution in [2.45, 2.75) is 6.92 Å². The van der Waals surface area contributed by atoms with E-state index in [9.17, 15) is 4.79 Å². The van der Waals surface area contributed by atoms with Crippen molar-refractivity contribution in [3.8, 4) is 0 Å². The molecule has 0 bridgehead atoms. The van der Waals surface area contributed by atoms with Gasteiger partial charge in [0.25, 0.3) is 0 Å². The molecule has 0 aliphatic rings. The van der Waals surface area contributed by atoms with E-state index in [-0.39, 0.29) is 5.78 Å². The summed E-state index contributed by atoms with van der Waals surface area (Å²) in [6, 6.07) is 13.1. The first-order chi connectivity index (χ1) is 8.06. The average molecular weight is 354 g/mol. The van der Waals surface area contributed by atoms with E-state index < -0.39 is 0 Å². The Hall–Kier alpha value is -0.930. The molecule has 0 saturated heterocycles. The quantitative estimate of drug-likeness (QED) is 0.712. The van der Waals surface area contributed by atoms with Gasteiger partial charge in [-0.3, -0.25) is 4.79 Å². The largest absolute Gasteiger partial charge is 0.289 e. The van der Waals surface area contributed by atoms with Gasteiger partial charge >= 0.3 is 0 Å². The normalized spacial score (nSPS) is 10.3. The van der Waals surface area contributed by atoms with E-state index in [0.717, 1.165) is 14.5 Å². The predicted octanol–water partition coefficient (Wildman–Crippen LogP) is 4.75. The molecular weight excluding hydrogens is 344 g/mol. The highest BCUT2D eigenvalue weighted by Gasteiger charge is 2.09. The molecule has 17 heavy (non-hydrogen) atoms. The smallest absolute Gasteiger partial charge is 0.193 e. The van der Waals surface area contributed by atoms with Gasteiger partial charge in [-0.15, -0.1) is 0 Å². The van der Waals surface area contributed by atoms with Gasteiger partial charge in [0.1, 0.15) is 0 Å². The molecule has 0 atom stereocenters. The molecule has 3 heteroatoms. The molecule has 2 aromatic rings. The van der Waals surface area contributed by atoms with Crippen LogP contribution in [-0.4, -0.2) is 5.78 Å². The third-order valence-electron chi connectivity index (χ3n) is 2.41. The second kappa shape index (κ2) is 5.15. The number of ketones is 1. The minimum absolute atomic E-state index is 0.0434. The number of carbonyl (C=O) groups is 1. The Labute approximate surface area is 117 Å². The topological polar surface area (TPSA) is 17.1 Å². The molecule has 0 amide bonds. The molecule has 2 rings (SSSR count). The Kier molecular flexibility index (Phi) is 3.79. The van der Waals surface area contributed by atoms with Crippen LogP contribution in [-0.2, 0) is 0 Å². The first kappa shape index (κ1) is 12.5. The van der Waals surface area contributed by atoms with Crippen molar-refractivity contribution in [1.29, 1.82) is 0 Å². The number of benzene rings is 2. The lowest BCUT2D eigenvalue weighted by atomic mass is 10.0. The molecule has 0 saturated carbocycles. The highest BCUT2D eigenvalue weighted by molar-refractivity contribution is 9.10. The fraction of sp³-hybridized carbons (Fsp3) is 0.0714. The molecular formula is C14H10Br2O. The van der Waals surface area contributed by atoms with Gasteiger partial charge in [-0.1, -0.05) is 31.9 Å². The standard InChI is InChI=1S/C14H10Br2O/c1-9-6-11(8-13(16)7-9)14(17)10-2-4-12(15)5-3-10/h2-8H,1H3. The van der Waals surface area contributed by atoms with Crippen molar-refractivity contribution in [3.63, 3.8) is 0 Å². The highest BCUT2D eigenvalue weighted by Crippen LogP contribution is 2.19. The minimum atomic E-state index is 0.0434. The van der Waals surface area contributed by atoms with Crippen molar-refractivity contribution in [1.82, 2.24) is 0 Å². The highest BCUT2D eigenvalue weighted by atomic mass is 79.9. The number of hydrogen-bond acceptors (Lipinski definition) is 1. The van der Waals surface area contributed by atoms with Gasteiger partial charge in [-0.2, -0.15) is 0 Å². The molecule has 0 heterocycles. The lowest BCUT2D eigenvalue weighted by Gasteiger charge is -2.04. The van der Waals surface area contributed by atoms with Crippen molar-refractivity contribution in [2.24, 2.45) is 0 Å². The van der Waals surface area contributed by atoms with Gasteiger partial charge in [0, 0.05) is 20.1 Å². The summed E-state index contributed by atoms with van der Waals surface area (Å²) in [7, 11) is 0. The molecule has 0 aliphatic heterocycles. The predicted molar refractivity (Wildman–Crippen MR) is 76.5 cm³/mol. The second-order valence-electron chi connectivity index (χ2n) is 3.85. The van der Waals surface area contributed by atoms with E-state index in [2.05, 4.69) is 31.9 Å². The first-order valence-corrected chi connectivity index (χ1v) is 6.72. The van der Waals surface area contributed by atoms with Crippen molar-refractivity contribution in [3.05, 3.63) is 68.1 Å². The number of hydrogen-bond donors (Lipinski definition) is 0. The van der Waals surface area contributed by atoms with Crippen LogP contribution < -0.4 is 0 Å². The number of carbonyl (C=O) groups excluding carboxylic acids is 1. The summed E-state index contributed by atoms with van der Waals surface area (Å²) in [5, 5.41) is 0. The molecule has 0 N–H and O–H groups in total. The van der Waals surface area contributed by atoms with Crippen LogP contribution in [0.15, 0.2) is 51.4 Å². The molecule has 0 radical (unpaired) electrons. The minimum Gasteiger partial charge on any atom is -0.289 e. The third kappa shape index (κ3) is 3.05. The third-order valence-corrected chi connectivity index (χ3v) is 3.40. The SMILES string of the molecule is Cc1cc(Br)cc(C(=O)c2ccc(Br)cc2)c1. The number of rotatable bonds is 2. The van der Waals surface area contributed by atoms with Crippen LogP contribution >= 0.6 is 31.9 Å². The summed E-state index contributed by atoms with van der Waals surface area (Å²) in [4.78, 5) is 12.2. The summed E-state index contributed by atoms with van der Waals surface area (Å²) in [5.74, 6) is 0.0434. The monoisotopic (exact) mass is 352 g/mol. The van der Waals surface area contributed by atoms with Crippen LogP contribution in [0.1, 0.15) is 21.5 Å². The molecule has 0 aromatic heterocycles. The summed E-state index contributed by atoms with van der Waals surface area (Å²) >= 11 is 6.76. The van der Waals surface area contributed by atoms with Crippen molar-refractivity contribution in [2.75, 3.05) is 0 Å². The molecule has 0 unspecified atom stereocenters. The fourth-order valence-corrected chi connectivity index (χ4v) is 2.51. The van der Waals surface area contributed by atoms with Crippen LogP contribution in [0.3, 0.4) is 0 Å². The van der Waals surface area contributed by atoms with E-state index >= 15 is 0 Å². The van der Waals surface area contributed by atoms with E-state index in [0.29, 0.717) is 11.1 Å². The van der Waals surface area contributed by atoms with E-state index in [1.165, 1.54) is 0 Å². The van der Waals surface area contributed by atoms with E-state index in [1.807, 2.05) is 49.4 Å². The maximum atomic E-state index is 12.2. The van der Waals surface area contributed by atoms with Crippen molar-refractivity contribution < 1.29 is 4.79 Å². The number of halogens is 2. The maximum Gasteiger partial charge on any atom is 0.193 e. The van der Waals surface area contributed by atoms with Gasteiger partial charge in [-0.05, 0) is 55.0 Å². The molecule has 0 fully saturated rings. The van der Waals surface area contributed by atoms with E-state index in [4.69, 9.17) is 0 Å². The first-order valence-electron chi connectivity index (χ1n) is 5.14. The summed E-state index contributed by atoms with van der Waals surface area (Å²) in [6.07, 6.45) is 0. The second-order valence-corrected chi connectivity index (χ2v) is 5.68. The van der Waals surface area contributed by atoms with Gasteiger partial charge in [0.15, 0.2) is 5.78 Å². The Balaban J connectivity index is 2.40. The Morgan fingerprint density at radius 2 is 1.53 bits per heavy atom. The van der Waals surface area contributed by atoms with Crippen LogP contribution in [0.4, 0.5) is 0 Å². The van der Waals surface area contributed by atoms with Gasteiger partial charge in [0.2, 0.25) is 0 Å². The van der Waals surface area contributed by atoms with Crippen LogP contribution in [0.2, 0.25) is 0 Å². The summed E-state index contributed by atoms with van der Waals surface area (Å²) < 4.78 is 1.90. The van der Waals surface area contributed by atoms with Gasteiger partial charge in [-0.25, -0.2) is 0 Å². The lowest BCUT2D eigenvalue weighted by molar-refractivity contribution is 0.103. The fourth-order valence-electron chi connectivity index (χ4n) is 1.64. The zero-order valence-electron chi connectivity index (χ0n) is 9.21. The Bertz CT molecular complexity index is 539. The zero-order chi connectivity index (χ0) is 12.4. The summed E-state index contributed by atoms with van der Waals surface area (Å²) in [6.45, 7) is 1.98. The van der Waals surface area contributed by atoms with Crippen LogP contribution in [0.25, 0.3) is 0 Å². The van der Waals surface area contributed by atoms with E-state index in [1.54, 1.807) is 0 Å². The maximum absolute atomic E-state index is 12.2.